The Morgan fingerprint density at radius 3 is 2.21 bits per heavy atom. The fourth-order valence-electron chi connectivity index (χ4n) is 5.28. The van der Waals surface area contributed by atoms with Gasteiger partial charge in [-0.25, -0.2) is 0 Å². The van der Waals surface area contributed by atoms with E-state index in [1.807, 2.05) is 78.0 Å². The van der Waals surface area contributed by atoms with Gasteiger partial charge in [0.05, 0.1) is 31.6 Å². The molecular weight excluding hydrogens is 494 g/mol. The number of benzene rings is 2. The Hall–Kier alpha value is -2.93. The Morgan fingerprint density at radius 1 is 1.03 bits per heavy atom. The van der Waals surface area contributed by atoms with Crippen LogP contribution in [-0.4, -0.2) is 40.9 Å². The van der Waals surface area contributed by atoms with Crippen LogP contribution >= 0.6 is 0 Å². The van der Waals surface area contributed by atoms with Crippen LogP contribution in [0.25, 0.3) is 0 Å². The van der Waals surface area contributed by atoms with Gasteiger partial charge in [-0.3, -0.25) is 9.59 Å². The molecule has 4 rings (SSSR count). The van der Waals surface area contributed by atoms with Gasteiger partial charge in [-0.05, 0) is 36.3 Å². The van der Waals surface area contributed by atoms with Crippen LogP contribution in [0.2, 0.25) is 0 Å². The standard InChI is InChI=1S/C27H31N3O3.BrH/c1-21(31)33-18-8-15-29-16-17-30(20-29)25-14-13-24(19-25)27(26(28)32,22-9-4-2-5-10-22)23-11-6-3-7-12-23;/h2-7,9-12,16-17,24-25H,8,13-15,18-19H2,1H3,(H2,28,32);1H/q+1;/p-1. The van der Waals surface area contributed by atoms with Gasteiger partial charge < -0.3 is 27.5 Å². The van der Waals surface area contributed by atoms with Crippen molar-refractivity contribution in [3.8, 4) is 0 Å². The van der Waals surface area contributed by atoms with Gasteiger partial charge in [0.1, 0.15) is 5.41 Å². The van der Waals surface area contributed by atoms with E-state index in [4.69, 9.17) is 10.5 Å². The molecule has 7 heteroatoms. The van der Waals surface area contributed by atoms with E-state index < -0.39 is 5.41 Å². The lowest BCUT2D eigenvalue weighted by atomic mass is 9.64. The molecule has 6 nitrogen and oxygen atoms in total. The zero-order valence-electron chi connectivity index (χ0n) is 19.4. The number of carbonyl (C=O) groups excluding carboxylic acids is 2. The average Bonchev–Trinajstić information content (AvgIpc) is 3.49. The third kappa shape index (κ3) is 5.25. The number of rotatable bonds is 9. The number of nitrogens with zero attached hydrogens (tertiary/aromatic N) is 2. The molecular formula is C27H31BrN3O3. The molecule has 2 atom stereocenters. The Labute approximate surface area is 212 Å². The number of hydrogen-bond acceptors (Lipinski definition) is 5. The minimum atomic E-state index is -0.871. The highest BCUT2D eigenvalue weighted by atomic mass is 79.9. The molecule has 2 aliphatic rings. The Morgan fingerprint density at radius 2 is 1.65 bits per heavy atom. The molecule has 1 fully saturated rings. The number of ether oxygens (including phenoxy) is 1. The van der Waals surface area contributed by atoms with Crippen molar-refractivity contribution < 1.29 is 31.3 Å². The summed E-state index contributed by atoms with van der Waals surface area (Å²) in [5.74, 6) is -0.478. The van der Waals surface area contributed by atoms with Crippen molar-refractivity contribution in [1.29, 1.82) is 0 Å². The quantitative estimate of drug-likeness (QED) is 0.296. The van der Waals surface area contributed by atoms with Crippen molar-refractivity contribution in [2.24, 2.45) is 11.7 Å². The van der Waals surface area contributed by atoms with Crippen LogP contribution < -0.4 is 22.7 Å². The molecule has 2 N–H and O–H groups in total. The van der Waals surface area contributed by atoms with Gasteiger partial charge in [-0.2, -0.15) is 0 Å². The summed E-state index contributed by atoms with van der Waals surface area (Å²) in [7, 11) is 0. The van der Waals surface area contributed by atoms with E-state index in [0.717, 1.165) is 43.4 Å². The van der Waals surface area contributed by atoms with E-state index in [0.29, 0.717) is 6.61 Å². The SMILES string of the molecule is CC(=O)OCCCN1[C+]N(C2CCC(C(C(N)=O)(c3ccccc3)c3ccccc3)C2)C=C1.[Br-]. The average molecular weight is 525 g/mol. The maximum absolute atomic E-state index is 13.2. The van der Waals surface area contributed by atoms with Crippen LogP contribution in [0.15, 0.2) is 73.1 Å². The van der Waals surface area contributed by atoms with Crippen LogP contribution in [0.5, 0.6) is 0 Å². The van der Waals surface area contributed by atoms with Crippen molar-refractivity contribution in [1.82, 2.24) is 9.80 Å². The Balaban J connectivity index is 0.00000324. The highest BCUT2D eigenvalue weighted by Crippen LogP contribution is 2.48. The molecule has 1 heterocycles. The van der Waals surface area contributed by atoms with Gasteiger partial charge in [-0.1, -0.05) is 60.7 Å². The molecule has 1 aliphatic heterocycles. The Kier molecular flexibility index (Phi) is 8.67. The summed E-state index contributed by atoms with van der Waals surface area (Å²) in [4.78, 5) is 28.3. The molecule has 2 unspecified atom stereocenters. The highest BCUT2D eigenvalue weighted by molar-refractivity contribution is 5.91. The van der Waals surface area contributed by atoms with Crippen LogP contribution in [0, 0.1) is 12.6 Å². The number of primary amides is 1. The number of nitrogens with two attached hydrogens (primary N) is 1. The fourth-order valence-corrected chi connectivity index (χ4v) is 5.28. The van der Waals surface area contributed by atoms with E-state index in [9.17, 15) is 9.59 Å². The fraction of sp³-hybridized carbons (Fsp3) is 0.370. The normalized spacial score (nSPS) is 19.4. The number of amides is 1. The van der Waals surface area contributed by atoms with Gasteiger partial charge in [0, 0.05) is 13.3 Å². The smallest absolute Gasteiger partial charge is 0.564 e. The Bertz CT molecular complexity index is 944. The zero-order valence-corrected chi connectivity index (χ0v) is 21.0. The molecule has 0 aromatic heterocycles. The van der Waals surface area contributed by atoms with Crippen LogP contribution in [0.4, 0.5) is 0 Å². The van der Waals surface area contributed by atoms with E-state index in [-0.39, 0.29) is 40.8 Å². The first-order valence-electron chi connectivity index (χ1n) is 11.6. The van der Waals surface area contributed by atoms with Gasteiger partial charge >= 0.3 is 12.6 Å². The van der Waals surface area contributed by atoms with E-state index >= 15 is 0 Å². The molecule has 0 bridgehead atoms. The molecule has 1 saturated carbocycles. The molecule has 0 saturated heterocycles. The summed E-state index contributed by atoms with van der Waals surface area (Å²) in [6, 6.07) is 20.1. The number of hydrogen-bond donors (Lipinski definition) is 1. The summed E-state index contributed by atoms with van der Waals surface area (Å²) in [5.41, 5.74) is 7.23. The van der Waals surface area contributed by atoms with Crippen LogP contribution in [-0.2, 0) is 19.7 Å². The van der Waals surface area contributed by atoms with Crippen LogP contribution in [0.3, 0.4) is 0 Å². The summed E-state index contributed by atoms with van der Waals surface area (Å²) in [6.07, 6.45) is 7.47. The third-order valence-corrected chi connectivity index (χ3v) is 6.76. The van der Waals surface area contributed by atoms with Gasteiger partial charge in [-0.15, -0.1) is 9.80 Å². The van der Waals surface area contributed by atoms with Crippen molar-refractivity contribution >= 4 is 11.9 Å². The second kappa shape index (κ2) is 11.5. The lowest BCUT2D eigenvalue weighted by Crippen LogP contribution is -3.00. The molecule has 0 spiro atoms. The van der Waals surface area contributed by atoms with Crippen molar-refractivity contribution in [2.75, 3.05) is 13.2 Å². The van der Waals surface area contributed by atoms with Crippen molar-refractivity contribution in [3.63, 3.8) is 0 Å². The highest BCUT2D eigenvalue weighted by Gasteiger charge is 2.52. The van der Waals surface area contributed by atoms with Crippen molar-refractivity contribution in [3.05, 3.63) is 90.9 Å². The lowest BCUT2D eigenvalue weighted by Gasteiger charge is -2.37. The first-order chi connectivity index (χ1) is 16.0. The largest absolute Gasteiger partial charge is 1.00 e. The van der Waals surface area contributed by atoms with Crippen molar-refractivity contribution in [2.45, 2.75) is 44.1 Å². The van der Waals surface area contributed by atoms with Gasteiger partial charge in [0.15, 0.2) is 0 Å². The topological polar surface area (TPSA) is 75.9 Å². The first kappa shape index (κ1) is 25.7. The molecule has 1 radical (unpaired) electrons. The summed E-state index contributed by atoms with van der Waals surface area (Å²) >= 11 is 0. The molecule has 2 aromatic rings. The third-order valence-electron chi connectivity index (χ3n) is 6.76. The first-order valence-corrected chi connectivity index (χ1v) is 11.6. The number of carbonyl (C=O) groups is 2. The predicted octanol–water partition coefficient (Wildman–Crippen LogP) is 0.669. The maximum atomic E-state index is 13.2. The minimum absolute atomic E-state index is 0. The zero-order chi connectivity index (χ0) is 23.3. The van der Waals surface area contributed by atoms with Gasteiger partial charge in [0.25, 0.3) is 0 Å². The van der Waals surface area contributed by atoms with E-state index in [1.165, 1.54) is 6.92 Å². The minimum Gasteiger partial charge on any atom is -1.00 e. The molecule has 2 aromatic carbocycles. The van der Waals surface area contributed by atoms with Gasteiger partial charge in [0.2, 0.25) is 5.91 Å². The second-order valence-electron chi connectivity index (χ2n) is 8.76. The van der Waals surface area contributed by atoms with Crippen LogP contribution in [0.1, 0.15) is 43.7 Å². The second-order valence-corrected chi connectivity index (χ2v) is 8.76. The molecule has 1 aliphatic carbocycles. The number of esters is 1. The van der Waals surface area contributed by atoms with E-state index in [1.54, 1.807) is 0 Å². The molecule has 34 heavy (non-hydrogen) atoms. The van der Waals surface area contributed by atoms with E-state index in [2.05, 4.69) is 11.6 Å². The maximum Gasteiger partial charge on any atom is 0.564 e. The monoisotopic (exact) mass is 524 g/mol. The predicted molar refractivity (Wildman–Crippen MR) is 126 cm³/mol. The molecule has 179 valence electrons. The molecule has 1 amide bonds. The summed E-state index contributed by atoms with van der Waals surface area (Å²) in [5, 5.41) is 0. The summed E-state index contributed by atoms with van der Waals surface area (Å²) in [6.45, 7) is 5.96. The summed E-state index contributed by atoms with van der Waals surface area (Å²) < 4.78 is 5.01. The number of halogens is 1. The lowest BCUT2D eigenvalue weighted by molar-refractivity contribution is -0.141.